The van der Waals surface area contributed by atoms with Gasteiger partial charge in [-0.3, -0.25) is 4.39 Å². The molecule has 0 aliphatic carbocycles. The number of rotatable bonds is 4. The summed E-state index contributed by atoms with van der Waals surface area (Å²) in [5.74, 6) is 0.620. The molecular formula is C16H34FN3. The summed E-state index contributed by atoms with van der Waals surface area (Å²) in [6.45, 7) is 15.3. The lowest BCUT2D eigenvalue weighted by atomic mass is 10.0. The van der Waals surface area contributed by atoms with E-state index >= 15 is 0 Å². The Morgan fingerprint density at radius 2 is 1.75 bits per heavy atom. The van der Waals surface area contributed by atoms with Crippen molar-refractivity contribution in [2.75, 3.05) is 34.4 Å². The van der Waals surface area contributed by atoms with Gasteiger partial charge >= 0.3 is 0 Å². The van der Waals surface area contributed by atoms with E-state index in [4.69, 9.17) is 0 Å². The van der Waals surface area contributed by atoms with Gasteiger partial charge in [0.05, 0.1) is 7.18 Å². The van der Waals surface area contributed by atoms with Gasteiger partial charge in [-0.2, -0.15) is 0 Å². The standard InChI is InChI=1S/C10H19N3.C3H6.C2H6.CH3F/c1-8(11-2)6-10(12-3)9-4-5-13-7-9;1-3-2;2*1-2/h6,9,11-13H,1,4-5,7H2,2-3H3;3H,1H2,2H3;1-2H3;1H3/b10-6-;;;. The lowest BCUT2D eigenvalue weighted by molar-refractivity contribution is 0.631. The van der Waals surface area contributed by atoms with Crippen molar-refractivity contribution in [3.8, 4) is 0 Å². The van der Waals surface area contributed by atoms with E-state index in [2.05, 4.69) is 35.2 Å². The molecule has 0 bridgehead atoms. The van der Waals surface area contributed by atoms with E-state index in [1.54, 1.807) is 6.08 Å². The van der Waals surface area contributed by atoms with Gasteiger partial charge in [-0.25, -0.2) is 0 Å². The fourth-order valence-electron chi connectivity index (χ4n) is 1.57. The monoisotopic (exact) mass is 287 g/mol. The summed E-state index contributed by atoms with van der Waals surface area (Å²) in [6.07, 6.45) is 5.04. The predicted molar refractivity (Wildman–Crippen MR) is 90.6 cm³/mol. The van der Waals surface area contributed by atoms with Crippen LogP contribution in [0.25, 0.3) is 0 Å². The van der Waals surface area contributed by atoms with Gasteiger partial charge in [0.15, 0.2) is 0 Å². The van der Waals surface area contributed by atoms with Crippen LogP contribution in [-0.2, 0) is 0 Å². The molecule has 1 aliphatic rings. The molecule has 1 rings (SSSR count). The first-order valence-corrected chi connectivity index (χ1v) is 7.11. The highest BCUT2D eigenvalue weighted by atomic mass is 19.1. The van der Waals surface area contributed by atoms with Crippen molar-refractivity contribution in [3.63, 3.8) is 0 Å². The molecule has 0 aromatic heterocycles. The molecule has 1 aliphatic heterocycles. The molecule has 0 spiro atoms. The van der Waals surface area contributed by atoms with E-state index < -0.39 is 0 Å². The SMILES string of the molecule is C=C(/C=C(\NC)C1CCNC1)NC.C=CC.CC.CF. The second kappa shape index (κ2) is 20.0. The Morgan fingerprint density at radius 1 is 1.25 bits per heavy atom. The smallest absolute Gasteiger partial charge is 0.0785 e. The maximum Gasteiger partial charge on any atom is 0.0785 e. The first-order valence-electron chi connectivity index (χ1n) is 7.11. The molecule has 3 N–H and O–H groups in total. The Kier molecular flexibility index (Phi) is 23.8. The summed E-state index contributed by atoms with van der Waals surface area (Å²) in [5.41, 5.74) is 2.22. The van der Waals surface area contributed by atoms with Gasteiger partial charge in [0, 0.05) is 38.0 Å². The molecule has 0 saturated carbocycles. The third-order valence-electron chi connectivity index (χ3n) is 2.44. The summed E-state index contributed by atoms with van der Waals surface area (Å²) in [5, 5.41) is 9.60. The van der Waals surface area contributed by atoms with Crippen LogP contribution in [0, 0.1) is 5.92 Å². The first kappa shape index (κ1) is 23.8. The number of allylic oxidation sites excluding steroid dienone is 2. The molecule has 0 radical (unpaired) electrons. The van der Waals surface area contributed by atoms with Crippen molar-refractivity contribution in [3.05, 3.63) is 36.7 Å². The normalized spacial score (nSPS) is 16.1. The minimum absolute atomic E-state index is 0.500. The van der Waals surface area contributed by atoms with Crippen LogP contribution >= 0.6 is 0 Å². The fraction of sp³-hybridized carbons (Fsp3) is 0.625. The molecule has 20 heavy (non-hydrogen) atoms. The molecule has 1 heterocycles. The minimum atomic E-state index is 0.500. The molecule has 1 unspecified atom stereocenters. The summed E-state index contributed by atoms with van der Waals surface area (Å²) in [7, 11) is 4.35. The van der Waals surface area contributed by atoms with Crippen LogP contribution < -0.4 is 16.0 Å². The highest BCUT2D eigenvalue weighted by Crippen LogP contribution is 2.16. The molecule has 1 saturated heterocycles. The van der Waals surface area contributed by atoms with E-state index in [1.807, 2.05) is 34.9 Å². The number of hydrogen-bond acceptors (Lipinski definition) is 3. The van der Waals surface area contributed by atoms with Crippen molar-refractivity contribution in [2.45, 2.75) is 27.2 Å². The molecule has 0 aromatic rings. The van der Waals surface area contributed by atoms with Gasteiger partial charge in [-0.05, 0) is 26.0 Å². The maximum atomic E-state index is 9.50. The molecule has 4 heteroatoms. The largest absolute Gasteiger partial charge is 0.391 e. The second-order valence-electron chi connectivity index (χ2n) is 3.72. The van der Waals surface area contributed by atoms with E-state index in [-0.39, 0.29) is 0 Å². The Bertz CT molecular complexity index is 244. The van der Waals surface area contributed by atoms with Gasteiger partial charge in [0.25, 0.3) is 0 Å². The lowest BCUT2D eigenvalue weighted by Gasteiger charge is -2.14. The summed E-state index contributed by atoms with van der Waals surface area (Å²) in [6, 6.07) is 0. The second-order valence-corrected chi connectivity index (χ2v) is 3.72. The van der Waals surface area contributed by atoms with Gasteiger partial charge in [-0.1, -0.05) is 26.5 Å². The zero-order valence-corrected chi connectivity index (χ0v) is 14.1. The van der Waals surface area contributed by atoms with Crippen molar-refractivity contribution >= 4 is 0 Å². The van der Waals surface area contributed by atoms with E-state index in [9.17, 15) is 4.39 Å². The molecular weight excluding hydrogens is 253 g/mol. The molecule has 1 fully saturated rings. The molecule has 0 aromatic carbocycles. The van der Waals surface area contributed by atoms with E-state index in [1.165, 1.54) is 12.1 Å². The van der Waals surface area contributed by atoms with Crippen molar-refractivity contribution < 1.29 is 4.39 Å². The van der Waals surface area contributed by atoms with Crippen LogP contribution in [-0.4, -0.2) is 34.4 Å². The lowest BCUT2D eigenvalue weighted by Crippen LogP contribution is -2.20. The number of halogens is 1. The Morgan fingerprint density at radius 3 is 2.05 bits per heavy atom. The van der Waals surface area contributed by atoms with Crippen molar-refractivity contribution in [1.29, 1.82) is 0 Å². The van der Waals surface area contributed by atoms with Gasteiger partial charge in [0.2, 0.25) is 0 Å². The van der Waals surface area contributed by atoms with Crippen LogP contribution in [0.5, 0.6) is 0 Å². The predicted octanol–water partition coefficient (Wildman–Crippen LogP) is 3.24. The minimum Gasteiger partial charge on any atom is -0.391 e. The first-order chi connectivity index (χ1) is 9.69. The van der Waals surface area contributed by atoms with E-state index in [0.29, 0.717) is 13.1 Å². The average Bonchev–Trinajstić information content (AvgIpc) is 3.03. The van der Waals surface area contributed by atoms with Crippen molar-refractivity contribution in [1.82, 2.24) is 16.0 Å². The molecule has 0 amide bonds. The molecule has 120 valence electrons. The van der Waals surface area contributed by atoms with Gasteiger partial charge in [-0.15, -0.1) is 6.58 Å². The third kappa shape index (κ3) is 13.1. The topological polar surface area (TPSA) is 36.1 Å². The number of hydrogen-bond donors (Lipinski definition) is 3. The van der Waals surface area contributed by atoms with E-state index in [0.717, 1.165) is 18.8 Å². The Hall–Kier alpha value is -1.29. The van der Waals surface area contributed by atoms with Crippen LogP contribution in [0.3, 0.4) is 0 Å². The van der Waals surface area contributed by atoms with Crippen LogP contribution in [0.15, 0.2) is 36.7 Å². The quantitative estimate of drug-likeness (QED) is 0.549. The Labute approximate surface area is 125 Å². The summed E-state index contributed by atoms with van der Waals surface area (Å²) in [4.78, 5) is 0. The maximum absolute atomic E-state index is 9.50. The van der Waals surface area contributed by atoms with Crippen molar-refractivity contribution in [2.24, 2.45) is 5.92 Å². The number of alkyl halides is 1. The summed E-state index contributed by atoms with van der Waals surface area (Å²) < 4.78 is 9.50. The molecule has 1 atom stereocenters. The molecule has 3 nitrogen and oxygen atoms in total. The van der Waals surface area contributed by atoms with Gasteiger partial charge in [0.1, 0.15) is 0 Å². The Balaban J connectivity index is -0.000000355. The van der Waals surface area contributed by atoms with Crippen LogP contribution in [0.1, 0.15) is 27.2 Å². The number of likely N-dealkylation sites (N-methyl/N-ethyl adjacent to an activating group) is 1. The average molecular weight is 287 g/mol. The zero-order valence-electron chi connectivity index (χ0n) is 14.1. The number of nitrogens with one attached hydrogen (secondary N) is 3. The highest BCUT2D eigenvalue weighted by molar-refractivity contribution is 5.20. The highest BCUT2D eigenvalue weighted by Gasteiger charge is 2.17. The summed E-state index contributed by atoms with van der Waals surface area (Å²) >= 11 is 0. The fourth-order valence-corrected chi connectivity index (χ4v) is 1.57. The third-order valence-corrected chi connectivity index (χ3v) is 2.44. The zero-order chi connectivity index (χ0) is 16.4. The van der Waals surface area contributed by atoms with Crippen LogP contribution in [0.2, 0.25) is 0 Å². The van der Waals surface area contributed by atoms with Crippen LogP contribution in [0.4, 0.5) is 4.39 Å². The van der Waals surface area contributed by atoms with Gasteiger partial charge < -0.3 is 16.0 Å².